The second-order valence-electron chi connectivity index (χ2n) is 8.28. The average molecular weight is 467 g/mol. The zero-order valence-electron chi connectivity index (χ0n) is 20.4. The molecule has 1 rings (SSSR count). The molecule has 0 spiro atoms. The molecule has 3 atom stereocenters. The van der Waals surface area contributed by atoms with Gasteiger partial charge >= 0.3 is 0 Å². The summed E-state index contributed by atoms with van der Waals surface area (Å²) >= 11 is 0. The maximum atomic E-state index is 13.8. The lowest BCUT2D eigenvalue weighted by molar-refractivity contribution is -0.137. The Morgan fingerprint density at radius 3 is 2.61 bits per heavy atom. The maximum absolute atomic E-state index is 13.8. The molecule has 3 amide bonds. The van der Waals surface area contributed by atoms with E-state index in [9.17, 15) is 18.8 Å². The van der Waals surface area contributed by atoms with E-state index in [-0.39, 0.29) is 36.2 Å². The molecule has 186 valence electrons. The number of benzene rings is 1. The monoisotopic (exact) mass is 466 g/mol. The number of ether oxygens (including phenoxy) is 1. The van der Waals surface area contributed by atoms with Crippen LogP contribution in [-0.4, -0.2) is 68.5 Å². The van der Waals surface area contributed by atoms with E-state index < -0.39 is 6.04 Å². The van der Waals surface area contributed by atoms with E-state index in [4.69, 9.17) is 4.74 Å². The molecule has 0 aliphatic heterocycles. The largest absolute Gasteiger partial charge is 0.489 e. The number of hydrogen-bond acceptors (Lipinski definition) is 5. The van der Waals surface area contributed by atoms with E-state index in [0.717, 1.165) is 12.0 Å². The molecule has 1 aromatic carbocycles. The lowest BCUT2D eigenvalue weighted by Crippen LogP contribution is -2.52. The zero-order chi connectivity index (χ0) is 24.8. The minimum Gasteiger partial charge on any atom is -0.489 e. The topological polar surface area (TPSA) is 99.8 Å². The predicted molar refractivity (Wildman–Crippen MR) is 126 cm³/mol. The molecule has 0 saturated heterocycles. The fourth-order valence-electron chi connectivity index (χ4n) is 3.39. The molecule has 0 aliphatic carbocycles. The van der Waals surface area contributed by atoms with Crippen LogP contribution in [0.3, 0.4) is 0 Å². The molecule has 0 fully saturated rings. The van der Waals surface area contributed by atoms with Crippen LogP contribution in [0.15, 0.2) is 18.2 Å². The van der Waals surface area contributed by atoms with E-state index in [1.807, 2.05) is 27.7 Å². The number of halogens is 1. The van der Waals surface area contributed by atoms with Gasteiger partial charge in [-0.25, -0.2) is 4.39 Å². The highest BCUT2D eigenvalue weighted by molar-refractivity contribution is 5.87. The van der Waals surface area contributed by atoms with Crippen molar-refractivity contribution < 1.29 is 23.5 Å². The zero-order valence-corrected chi connectivity index (χ0v) is 20.4. The van der Waals surface area contributed by atoms with Crippen LogP contribution < -0.4 is 20.7 Å². The Kier molecular flexibility index (Phi) is 13.1. The fraction of sp³-hybridized carbons (Fsp3) is 0.625. The Labute approximate surface area is 196 Å². The Morgan fingerprint density at radius 1 is 1.24 bits per heavy atom. The molecule has 8 nitrogen and oxygen atoms in total. The minimum atomic E-state index is -0.470. The van der Waals surface area contributed by atoms with Gasteiger partial charge in [0.15, 0.2) is 0 Å². The highest BCUT2D eigenvalue weighted by Gasteiger charge is 2.28. The summed E-state index contributed by atoms with van der Waals surface area (Å²) < 4.78 is 19.8. The molecular formula is C24H39FN4O4. The van der Waals surface area contributed by atoms with Crippen LogP contribution >= 0.6 is 0 Å². The van der Waals surface area contributed by atoms with Gasteiger partial charge in [0.1, 0.15) is 17.7 Å². The van der Waals surface area contributed by atoms with Gasteiger partial charge in [-0.1, -0.05) is 26.3 Å². The van der Waals surface area contributed by atoms with Crippen molar-refractivity contribution in [1.82, 2.24) is 20.9 Å². The average Bonchev–Trinajstić information content (AvgIpc) is 2.77. The molecule has 1 aromatic rings. The summed E-state index contributed by atoms with van der Waals surface area (Å²) in [5.41, 5.74) is 0.854. The maximum Gasteiger partial charge on any atom is 0.240 e. The number of carbonyl (C=O) groups excluding carboxylic acids is 3. The van der Waals surface area contributed by atoms with Crippen LogP contribution in [0.1, 0.15) is 46.1 Å². The quantitative estimate of drug-likeness (QED) is 0.255. The standard InChI is InChI=1S/C24H39FN4O4/c1-6-17(3)23(24(32)29(5)15-22(31)27-7-2)28-14-18(4)33-21-13-20(25)11-10-19(21)9-8-12-26-16-30/h10-11,13,16-18,23,28H,6-9,12,14-15H2,1-5H3,(H,26,30)(H,27,31)/t17?,18-,23?/m1/s1. The summed E-state index contributed by atoms with van der Waals surface area (Å²) in [5.74, 6) is -0.238. The van der Waals surface area contributed by atoms with Crippen LogP contribution in [0.4, 0.5) is 4.39 Å². The SMILES string of the molecule is CCNC(=O)CN(C)C(=O)C(NC[C@@H](C)Oc1cc(F)ccc1CCCNC=O)C(C)CC. The van der Waals surface area contributed by atoms with E-state index >= 15 is 0 Å². The number of nitrogens with zero attached hydrogens (tertiary/aromatic N) is 1. The third-order valence-electron chi connectivity index (χ3n) is 5.44. The van der Waals surface area contributed by atoms with Crippen molar-refractivity contribution in [3.8, 4) is 5.75 Å². The number of rotatable bonds is 16. The van der Waals surface area contributed by atoms with Gasteiger partial charge in [-0.3, -0.25) is 14.4 Å². The van der Waals surface area contributed by atoms with Crippen molar-refractivity contribution >= 4 is 18.2 Å². The lowest BCUT2D eigenvalue weighted by atomic mass is 9.97. The van der Waals surface area contributed by atoms with Gasteiger partial charge in [0, 0.05) is 32.7 Å². The van der Waals surface area contributed by atoms with Crippen molar-refractivity contribution in [2.45, 2.75) is 59.1 Å². The number of carbonyl (C=O) groups is 3. The third-order valence-corrected chi connectivity index (χ3v) is 5.44. The first-order chi connectivity index (χ1) is 15.7. The van der Waals surface area contributed by atoms with Crippen molar-refractivity contribution in [3.05, 3.63) is 29.6 Å². The second kappa shape index (κ2) is 15.2. The van der Waals surface area contributed by atoms with E-state index in [1.165, 1.54) is 17.0 Å². The molecule has 33 heavy (non-hydrogen) atoms. The highest BCUT2D eigenvalue weighted by Crippen LogP contribution is 2.23. The smallest absolute Gasteiger partial charge is 0.240 e. The molecule has 2 unspecified atom stereocenters. The van der Waals surface area contributed by atoms with E-state index in [1.54, 1.807) is 13.1 Å². The number of amides is 3. The van der Waals surface area contributed by atoms with Gasteiger partial charge in [-0.2, -0.15) is 0 Å². The van der Waals surface area contributed by atoms with Gasteiger partial charge in [0.05, 0.1) is 12.6 Å². The Hall–Kier alpha value is -2.68. The van der Waals surface area contributed by atoms with Gasteiger partial charge in [-0.15, -0.1) is 0 Å². The van der Waals surface area contributed by atoms with Gasteiger partial charge < -0.3 is 25.6 Å². The number of aryl methyl sites for hydroxylation is 1. The number of nitrogens with one attached hydrogen (secondary N) is 3. The molecule has 0 heterocycles. The number of likely N-dealkylation sites (N-methyl/N-ethyl adjacent to an activating group) is 2. The summed E-state index contributed by atoms with van der Waals surface area (Å²) in [5, 5.41) is 8.59. The second-order valence-corrected chi connectivity index (χ2v) is 8.28. The first-order valence-corrected chi connectivity index (χ1v) is 11.6. The summed E-state index contributed by atoms with van der Waals surface area (Å²) in [7, 11) is 1.62. The Morgan fingerprint density at radius 2 is 1.97 bits per heavy atom. The molecule has 3 N–H and O–H groups in total. The Bertz CT molecular complexity index is 762. The fourth-order valence-corrected chi connectivity index (χ4v) is 3.39. The van der Waals surface area contributed by atoms with E-state index in [0.29, 0.717) is 44.6 Å². The molecular weight excluding hydrogens is 427 g/mol. The molecule has 0 radical (unpaired) electrons. The normalized spacial score (nSPS) is 13.5. The number of hydrogen-bond donors (Lipinski definition) is 3. The van der Waals surface area contributed by atoms with Gasteiger partial charge in [0.2, 0.25) is 18.2 Å². The van der Waals surface area contributed by atoms with Crippen LogP contribution in [-0.2, 0) is 20.8 Å². The highest BCUT2D eigenvalue weighted by atomic mass is 19.1. The molecule has 9 heteroatoms. The molecule has 0 aromatic heterocycles. The van der Waals surface area contributed by atoms with E-state index in [2.05, 4.69) is 16.0 Å². The summed E-state index contributed by atoms with van der Waals surface area (Å²) in [6.07, 6.45) is 2.45. The molecule has 0 bridgehead atoms. The molecule has 0 aliphatic rings. The molecule has 0 saturated carbocycles. The predicted octanol–water partition coefficient (Wildman–Crippen LogP) is 1.87. The van der Waals surface area contributed by atoms with Crippen molar-refractivity contribution in [1.29, 1.82) is 0 Å². The van der Waals surface area contributed by atoms with Crippen LogP contribution in [0.2, 0.25) is 0 Å². The summed E-state index contributed by atoms with van der Waals surface area (Å²) in [4.78, 5) is 36.7. The first-order valence-electron chi connectivity index (χ1n) is 11.6. The Balaban J connectivity index is 2.77. The van der Waals surface area contributed by atoms with Gasteiger partial charge in [-0.05, 0) is 44.2 Å². The van der Waals surface area contributed by atoms with Crippen molar-refractivity contribution in [2.75, 3.05) is 33.2 Å². The van der Waals surface area contributed by atoms with Gasteiger partial charge in [0.25, 0.3) is 0 Å². The van der Waals surface area contributed by atoms with Crippen LogP contribution in [0.5, 0.6) is 5.75 Å². The van der Waals surface area contributed by atoms with Crippen LogP contribution in [0.25, 0.3) is 0 Å². The summed E-state index contributed by atoms with van der Waals surface area (Å²) in [6.45, 7) is 9.09. The van der Waals surface area contributed by atoms with Crippen molar-refractivity contribution in [2.24, 2.45) is 5.92 Å². The van der Waals surface area contributed by atoms with Crippen molar-refractivity contribution in [3.63, 3.8) is 0 Å². The summed E-state index contributed by atoms with van der Waals surface area (Å²) in [6, 6.07) is 3.96. The minimum absolute atomic E-state index is 0.00104. The lowest BCUT2D eigenvalue weighted by Gasteiger charge is -2.29. The third kappa shape index (κ3) is 10.2. The van der Waals surface area contributed by atoms with Crippen LogP contribution in [0, 0.1) is 11.7 Å². The first kappa shape index (κ1) is 28.4.